The van der Waals surface area contributed by atoms with Crippen LogP contribution in [0.5, 0.6) is 0 Å². The second kappa shape index (κ2) is 6.49. The molecule has 4 nitrogen and oxygen atoms in total. The Hall–Kier alpha value is -2.87. The van der Waals surface area contributed by atoms with E-state index in [1.165, 1.54) is 30.3 Å². The molecule has 1 aromatic carbocycles. The van der Waals surface area contributed by atoms with Crippen LogP contribution in [0.25, 0.3) is 6.08 Å². The summed E-state index contributed by atoms with van der Waals surface area (Å²) < 4.78 is 18.3. The Kier molecular flexibility index (Phi) is 4.24. The predicted molar refractivity (Wildman–Crippen MR) is 82.4 cm³/mol. The van der Waals surface area contributed by atoms with Crippen LogP contribution in [-0.4, -0.2) is 17.4 Å². The molecule has 0 N–H and O–H groups in total. The highest BCUT2D eigenvalue weighted by Gasteiger charge is 2.23. The molecule has 0 atom stereocenters. The zero-order valence-corrected chi connectivity index (χ0v) is 12.5. The van der Waals surface area contributed by atoms with Gasteiger partial charge in [-0.2, -0.15) is 5.26 Å². The summed E-state index contributed by atoms with van der Waals surface area (Å²) in [4.78, 5) is 14.3. The van der Waals surface area contributed by atoms with Crippen molar-refractivity contribution in [1.29, 1.82) is 5.26 Å². The molecule has 0 bridgehead atoms. The Labute approximate surface area is 133 Å². The summed E-state index contributed by atoms with van der Waals surface area (Å²) in [6.45, 7) is 1.01. The van der Waals surface area contributed by atoms with E-state index in [4.69, 9.17) is 4.42 Å². The number of benzene rings is 1. The number of halogens is 1. The lowest BCUT2D eigenvalue weighted by Crippen LogP contribution is -2.31. The first-order valence-electron chi connectivity index (χ1n) is 7.39. The van der Waals surface area contributed by atoms with Crippen molar-refractivity contribution in [3.8, 4) is 6.07 Å². The number of carbonyl (C=O) groups is 1. The molecule has 1 aliphatic heterocycles. The van der Waals surface area contributed by atoms with Gasteiger partial charge in [0.1, 0.15) is 23.2 Å². The minimum absolute atomic E-state index is 0.0450. The van der Waals surface area contributed by atoms with E-state index < -0.39 is 0 Å². The Morgan fingerprint density at radius 1 is 1.30 bits per heavy atom. The van der Waals surface area contributed by atoms with Crippen LogP contribution in [0.1, 0.15) is 23.3 Å². The molecule has 2 heterocycles. The zero-order chi connectivity index (χ0) is 16.2. The highest BCUT2D eigenvalue weighted by molar-refractivity contribution is 6.01. The Balaban J connectivity index is 1.83. The average Bonchev–Trinajstić information content (AvgIpc) is 2.90. The summed E-state index contributed by atoms with van der Waals surface area (Å²) in [6.07, 6.45) is 4.69. The molecule has 0 fully saturated rings. The normalized spacial score (nSPS) is 14.8. The van der Waals surface area contributed by atoms with Crippen LogP contribution in [0.15, 0.2) is 46.6 Å². The SMILES string of the molecule is N#C/C(=C\c1ccc(F)cc1)C(=O)N1CCCc2occc2C1. The number of furan rings is 1. The van der Waals surface area contributed by atoms with Gasteiger partial charge >= 0.3 is 0 Å². The smallest absolute Gasteiger partial charge is 0.264 e. The van der Waals surface area contributed by atoms with Gasteiger partial charge in [-0.05, 0) is 36.3 Å². The van der Waals surface area contributed by atoms with Crippen molar-refractivity contribution in [1.82, 2.24) is 4.90 Å². The third-order valence-electron chi connectivity index (χ3n) is 3.85. The van der Waals surface area contributed by atoms with Crippen molar-refractivity contribution in [3.63, 3.8) is 0 Å². The summed E-state index contributed by atoms with van der Waals surface area (Å²) in [5, 5.41) is 9.31. The number of hydrogen-bond acceptors (Lipinski definition) is 3. The maximum absolute atomic E-state index is 12.9. The number of carbonyl (C=O) groups excluding carboxylic acids is 1. The molecule has 0 aliphatic carbocycles. The van der Waals surface area contributed by atoms with Gasteiger partial charge in [-0.3, -0.25) is 4.79 Å². The molecule has 1 aliphatic rings. The third kappa shape index (κ3) is 3.32. The van der Waals surface area contributed by atoms with Crippen molar-refractivity contribution in [2.75, 3.05) is 6.54 Å². The number of rotatable bonds is 2. The van der Waals surface area contributed by atoms with Crippen molar-refractivity contribution in [3.05, 3.63) is 64.9 Å². The second-order valence-corrected chi connectivity index (χ2v) is 5.42. The molecule has 23 heavy (non-hydrogen) atoms. The molecule has 0 saturated carbocycles. The van der Waals surface area contributed by atoms with Gasteiger partial charge in [0, 0.05) is 25.1 Å². The first kappa shape index (κ1) is 15.0. The van der Waals surface area contributed by atoms with Crippen LogP contribution in [0, 0.1) is 17.1 Å². The average molecular weight is 310 g/mol. The zero-order valence-electron chi connectivity index (χ0n) is 12.5. The van der Waals surface area contributed by atoms with Gasteiger partial charge in [-0.1, -0.05) is 12.1 Å². The summed E-state index contributed by atoms with van der Waals surface area (Å²) >= 11 is 0. The second-order valence-electron chi connectivity index (χ2n) is 5.42. The number of amides is 1. The van der Waals surface area contributed by atoms with Gasteiger partial charge in [-0.15, -0.1) is 0 Å². The summed E-state index contributed by atoms with van der Waals surface area (Å²) in [6, 6.07) is 9.49. The first-order valence-corrected chi connectivity index (χ1v) is 7.39. The van der Waals surface area contributed by atoms with Crippen LogP contribution in [0.3, 0.4) is 0 Å². The number of hydrogen-bond donors (Lipinski definition) is 0. The number of nitrogens with zero attached hydrogens (tertiary/aromatic N) is 2. The van der Waals surface area contributed by atoms with E-state index in [2.05, 4.69) is 0 Å². The van der Waals surface area contributed by atoms with Gasteiger partial charge in [0.2, 0.25) is 0 Å². The van der Waals surface area contributed by atoms with E-state index >= 15 is 0 Å². The van der Waals surface area contributed by atoms with Crippen molar-refractivity contribution < 1.29 is 13.6 Å². The van der Waals surface area contributed by atoms with Crippen LogP contribution in [0.4, 0.5) is 4.39 Å². The quantitative estimate of drug-likeness (QED) is 0.631. The van der Waals surface area contributed by atoms with Crippen molar-refractivity contribution in [2.45, 2.75) is 19.4 Å². The fourth-order valence-corrected chi connectivity index (χ4v) is 2.65. The van der Waals surface area contributed by atoms with E-state index in [-0.39, 0.29) is 17.3 Å². The van der Waals surface area contributed by atoms with E-state index in [0.717, 1.165) is 24.2 Å². The highest BCUT2D eigenvalue weighted by Crippen LogP contribution is 2.21. The highest BCUT2D eigenvalue weighted by atomic mass is 19.1. The molecule has 0 unspecified atom stereocenters. The van der Waals surface area contributed by atoms with Gasteiger partial charge < -0.3 is 9.32 Å². The standard InChI is InChI=1S/C18H15FN2O2/c19-16-5-3-13(4-6-16)10-15(11-20)18(22)21-8-1-2-17-14(12-21)7-9-23-17/h3-7,9-10H,1-2,8,12H2/b15-10+. The molecular formula is C18H15FN2O2. The van der Waals surface area contributed by atoms with Crippen LogP contribution < -0.4 is 0 Å². The maximum Gasteiger partial charge on any atom is 0.264 e. The van der Waals surface area contributed by atoms with Crippen molar-refractivity contribution >= 4 is 12.0 Å². The fraction of sp³-hybridized carbons (Fsp3) is 0.222. The Morgan fingerprint density at radius 3 is 2.83 bits per heavy atom. The number of fused-ring (bicyclic) bond motifs is 1. The lowest BCUT2D eigenvalue weighted by molar-refractivity contribution is -0.127. The van der Waals surface area contributed by atoms with Crippen LogP contribution in [0.2, 0.25) is 0 Å². The summed E-state index contributed by atoms with van der Waals surface area (Å²) in [5.74, 6) is 0.235. The molecule has 5 heteroatoms. The number of aryl methyl sites for hydroxylation is 1. The molecule has 2 aromatic rings. The number of nitriles is 1. The molecule has 0 radical (unpaired) electrons. The van der Waals surface area contributed by atoms with E-state index in [0.29, 0.717) is 18.7 Å². The molecule has 1 aromatic heterocycles. The van der Waals surface area contributed by atoms with Gasteiger partial charge in [0.25, 0.3) is 5.91 Å². The lowest BCUT2D eigenvalue weighted by atomic mass is 10.1. The minimum atomic E-state index is -0.355. The summed E-state index contributed by atoms with van der Waals surface area (Å²) in [7, 11) is 0. The first-order chi connectivity index (χ1) is 11.2. The maximum atomic E-state index is 12.9. The van der Waals surface area contributed by atoms with Gasteiger partial charge in [-0.25, -0.2) is 4.39 Å². The van der Waals surface area contributed by atoms with Gasteiger partial charge in [0.15, 0.2) is 0 Å². The topological polar surface area (TPSA) is 57.2 Å². The monoisotopic (exact) mass is 310 g/mol. The molecule has 116 valence electrons. The lowest BCUT2D eigenvalue weighted by Gasteiger charge is -2.19. The van der Waals surface area contributed by atoms with E-state index in [9.17, 15) is 14.4 Å². The minimum Gasteiger partial charge on any atom is -0.469 e. The molecule has 1 amide bonds. The third-order valence-corrected chi connectivity index (χ3v) is 3.85. The molecule has 3 rings (SSSR count). The Bertz CT molecular complexity index is 784. The van der Waals surface area contributed by atoms with Crippen LogP contribution in [-0.2, 0) is 17.8 Å². The predicted octanol–water partition coefficient (Wildman–Crippen LogP) is 3.30. The molecular weight excluding hydrogens is 295 g/mol. The van der Waals surface area contributed by atoms with E-state index in [1.54, 1.807) is 11.2 Å². The molecule has 0 saturated heterocycles. The van der Waals surface area contributed by atoms with E-state index in [1.807, 2.05) is 12.1 Å². The van der Waals surface area contributed by atoms with Gasteiger partial charge in [0.05, 0.1) is 6.26 Å². The van der Waals surface area contributed by atoms with Crippen molar-refractivity contribution in [2.24, 2.45) is 0 Å². The largest absolute Gasteiger partial charge is 0.469 e. The Morgan fingerprint density at radius 2 is 2.09 bits per heavy atom. The summed E-state index contributed by atoms with van der Waals surface area (Å²) in [5.41, 5.74) is 1.65. The fourth-order valence-electron chi connectivity index (χ4n) is 2.65. The molecule has 0 spiro atoms. The van der Waals surface area contributed by atoms with Crippen LogP contribution >= 0.6 is 0 Å².